The molecule has 0 heterocycles. The molecule has 33 heavy (non-hydrogen) atoms. The first-order valence-corrected chi connectivity index (χ1v) is 11.6. The van der Waals surface area contributed by atoms with Gasteiger partial charge in [0.2, 0.25) is 0 Å². The molecule has 2 aromatic rings. The zero-order valence-corrected chi connectivity index (χ0v) is 20.4. The molecule has 2 heteroatoms. The van der Waals surface area contributed by atoms with Gasteiger partial charge in [0.25, 0.3) is 0 Å². The normalized spacial score (nSPS) is 12.5. The molecular weight excluding hydrogens is 402 g/mol. The van der Waals surface area contributed by atoms with Crippen molar-refractivity contribution in [2.45, 2.75) is 46.0 Å². The number of aryl methyl sites for hydroxylation is 2. The topological polar surface area (TPSA) is 21.6 Å². The molecule has 0 atom stereocenters. The lowest BCUT2D eigenvalue weighted by Gasteiger charge is -2.12. The Morgan fingerprint density at radius 2 is 1.58 bits per heavy atom. The van der Waals surface area contributed by atoms with Crippen LogP contribution in [0.5, 0.6) is 5.75 Å². The predicted molar refractivity (Wildman–Crippen MR) is 144 cm³/mol. The molecule has 0 aliphatic heterocycles. The van der Waals surface area contributed by atoms with Crippen molar-refractivity contribution in [3.05, 3.63) is 125 Å². The summed E-state index contributed by atoms with van der Waals surface area (Å²) in [6.45, 7) is 11.4. The van der Waals surface area contributed by atoms with E-state index in [0.717, 1.165) is 37.9 Å². The van der Waals surface area contributed by atoms with Gasteiger partial charge in [0.05, 0.1) is 7.11 Å². The number of allylic oxidation sites excluding steroid dienone is 8. The van der Waals surface area contributed by atoms with E-state index in [2.05, 4.69) is 85.9 Å². The lowest BCUT2D eigenvalue weighted by Crippen LogP contribution is -1.97. The van der Waals surface area contributed by atoms with Crippen molar-refractivity contribution >= 4 is 6.72 Å². The highest BCUT2D eigenvalue weighted by molar-refractivity contribution is 5.41. The van der Waals surface area contributed by atoms with Gasteiger partial charge in [-0.25, -0.2) is 0 Å². The molecule has 0 fully saturated rings. The number of rotatable bonds is 13. The Balaban J connectivity index is 2.07. The summed E-state index contributed by atoms with van der Waals surface area (Å²) in [7, 11) is 1.74. The lowest BCUT2D eigenvalue weighted by atomic mass is 9.97. The smallest absolute Gasteiger partial charge is 0.122 e. The summed E-state index contributed by atoms with van der Waals surface area (Å²) in [5, 5.41) is 0. The largest absolute Gasteiger partial charge is 0.496 e. The van der Waals surface area contributed by atoms with Crippen molar-refractivity contribution in [2.24, 2.45) is 4.99 Å². The second kappa shape index (κ2) is 14.6. The van der Waals surface area contributed by atoms with E-state index >= 15 is 0 Å². The number of ether oxygens (including phenoxy) is 1. The maximum Gasteiger partial charge on any atom is 0.122 e. The van der Waals surface area contributed by atoms with Crippen LogP contribution < -0.4 is 4.74 Å². The van der Waals surface area contributed by atoms with Crippen LogP contribution in [0.3, 0.4) is 0 Å². The SMILES string of the molecule is C=C/C=C\C(=C/C)CCc1ccc(Cc2cc(CCC(/C=C\C)=C/N=C)ccc2OC)cc1. The van der Waals surface area contributed by atoms with Gasteiger partial charge in [-0.05, 0) is 80.1 Å². The van der Waals surface area contributed by atoms with Crippen LogP contribution in [0.25, 0.3) is 0 Å². The highest BCUT2D eigenvalue weighted by Crippen LogP contribution is 2.25. The van der Waals surface area contributed by atoms with Gasteiger partial charge in [0, 0.05) is 12.6 Å². The maximum atomic E-state index is 5.64. The Labute approximate surface area is 200 Å². The van der Waals surface area contributed by atoms with Gasteiger partial charge in [-0.3, -0.25) is 4.99 Å². The van der Waals surface area contributed by atoms with Gasteiger partial charge in [0.15, 0.2) is 0 Å². The van der Waals surface area contributed by atoms with Crippen molar-refractivity contribution in [3.63, 3.8) is 0 Å². The Hall–Kier alpha value is -3.39. The van der Waals surface area contributed by atoms with E-state index in [9.17, 15) is 0 Å². The first kappa shape index (κ1) is 25.9. The van der Waals surface area contributed by atoms with E-state index in [0.29, 0.717) is 0 Å². The molecule has 0 unspecified atom stereocenters. The molecule has 0 aromatic heterocycles. The van der Waals surface area contributed by atoms with Gasteiger partial charge in [-0.15, -0.1) is 0 Å². The molecule has 0 saturated carbocycles. The van der Waals surface area contributed by atoms with Crippen LogP contribution in [0.2, 0.25) is 0 Å². The lowest BCUT2D eigenvalue weighted by molar-refractivity contribution is 0.410. The minimum absolute atomic E-state index is 0.852. The fourth-order valence-electron chi connectivity index (χ4n) is 3.78. The summed E-state index contributed by atoms with van der Waals surface area (Å²) >= 11 is 0. The van der Waals surface area contributed by atoms with Crippen molar-refractivity contribution in [3.8, 4) is 5.75 Å². The third-order valence-corrected chi connectivity index (χ3v) is 5.62. The molecule has 0 N–H and O–H groups in total. The molecule has 0 bridgehead atoms. The minimum Gasteiger partial charge on any atom is -0.496 e. The molecule has 0 radical (unpaired) electrons. The number of aliphatic imine (C=N–C) groups is 1. The summed E-state index contributed by atoms with van der Waals surface area (Å²) in [6.07, 6.45) is 18.9. The molecular formula is C31H37NO. The Morgan fingerprint density at radius 1 is 0.909 bits per heavy atom. The summed E-state index contributed by atoms with van der Waals surface area (Å²) in [6, 6.07) is 15.5. The molecule has 2 aromatic carbocycles. The summed E-state index contributed by atoms with van der Waals surface area (Å²) < 4.78 is 5.64. The van der Waals surface area contributed by atoms with Gasteiger partial charge in [0.1, 0.15) is 5.75 Å². The van der Waals surface area contributed by atoms with Crippen molar-refractivity contribution < 1.29 is 4.74 Å². The fraction of sp³-hybridized carbons (Fsp3) is 0.258. The first-order valence-electron chi connectivity index (χ1n) is 11.6. The van der Waals surface area contributed by atoms with E-state index < -0.39 is 0 Å². The molecule has 0 aliphatic carbocycles. The Bertz CT molecular complexity index is 1020. The third kappa shape index (κ3) is 8.94. The van der Waals surface area contributed by atoms with Gasteiger partial charge >= 0.3 is 0 Å². The minimum atomic E-state index is 0.852. The average Bonchev–Trinajstić information content (AvgIpc) is 2.84. The number of benzene rings is 2. The quantitative estimate of drug-likeness (QED) is 0.229. The average molecular weight is 440 g/mol. The van der Waals surface area contributed by atoms with E-state index in [1.165, 1.54) is 33.4 Å². The van der Waals surface area contributed by atoms with E-state index in [1.807, 2.05) is 31.4 Å². The highest BCUT2D eigenvalue weighted by atomic mass is 16.5. The zero-order chi connectivity index (χ0) is 23.9. The second-order valence-electron chi connectivity index (χ2n) is 7.98. The molecule has 2 rings (SSSR count). The van der Waals surface area contributed by atoms with Crippen LogP contribution in [0.4, 0.5) is 0 Å². The summed E-state index contributed by atoms with van der Waals surface area (Å²) in [5.74, 6) is 0.937. The van der Waals surface area contributed by atoms with E-state index in [1.54, 1.807) is 7.11 Å². The fourth-order valence-corrected chi connectivity index (χ4v) is 3.78. The Morgan fingerprint density at radius 3 is 2.21 bits per heavy atom. The van der Waals surface area contributed by atoms with E-state index in [4.69, 9.17) is 4.74 Å². The zero-order valence-electron chi connectivity index (χ0n) is 20.4. The number of methoxy groups -OCH3 is 1. The van der Waals surface area contributed by atoms with Gasteiger partial charge in [-0.1, -0.05) is 85.0 Å². The van der Waals surface area contributed by atoms with E-state index in [-0.39, 0.29) is 0 Å². The van der Waals surface area contributed by atoms with Crippen LogP contribution in [0, 0.1) is 0 Å². The van der Waals surface area contributed by atoms with Crippen molar-refractivity contribution in [2.75, 3.05) is 7.11 Å². The molecule has 0 spiro atoms. The standard InChI is InChI=1S/C31H37NO/c1-6-9-11-25(8-3)12-13-26-14-16-27(17-15-26)22-30-23-28(20-21-31(30)33-5)18-19-29(10-7-2)24-32-4/h6-11,14-17,20-21,23-24H,1,4,12-13,18-19,22H2,2-3,5H3/b10-7-,11-9-,25-8+,29-24+. The molecule has 2 nitrogen and oxygen atoms in total. The van der Waals surface area contributed by atoms with Crippen LogP contribution in [-0.4, -0.2) is 13.8 Å². The number of hydrogen-bond acceptors (Lipinski definition) is 2. The molecule has 0 aliphatic rings. The van der Waals surface area contributed by atoms with Gasteiger partial charge in [-0.2, -0.15) is 0 Å². The highest BCUT2D eigenvalue weighted by Gasteiger charge is 2.07. The van der Waals surface area contributed by atoms with Crippen molar-refractivity contribution in [1.29, 1.82) is 0 Å². The molecule has 0 amide bonds. The van der Waals surface area contributed by atoms with Crippen LogP contribution >= 0.6 is 0 Å². The maximum absolute atomic E-state index is 5.64. The van der Waals surface area contributed by atoms with Gasteiger partial charge < -0.3 is 4.74 Å². The number of hydrogen-bond donors (Lipinski definition) is 0. The first-order chi connectivity index (χ1) is 16.1. The summed E-state index contributed by atoms with van der Waals surface area (Å²) in [4.78, 5) is 3.92. The van der Waals surface area contributed by atoms with Crippen LogP contribution in [-0.2, 0) is 19.3 Å². The molecule has 0 saturated heterocycles. The predicted octanol–water partition coefficient (Wildman–Crippen LogP) is 8.00. The second-order valence-corrected chi connectivity index (χ2v) is 7.98. The molecule has 172 valence electrons. The van der Waals surface area contributed by atoms with Crippen LogP contribution in [0.15, 0.2) is 108 Å². The summed E-state index contributed by atoms with van der Waals surface area (Å²) in [5.41, 5.74) is 7.67. The Kier molecular flexibility index (Phi) is 11.5. The third-order valence-electron chi connectivity index (χ3n) is 5.62. The van der Waals surface area contributed by atoms with Crippen molar-refractivity contribution in [1.82, 2.24) is 0 Å². The van der Waals surface area contributed by atoms with Crippen LogP contribution in [0.1, 0.15) is 48.9 Å². The number of nitrogens with zero attached hydrogens (tertiary/aromatic N) is 1. The monoisotopic (exact) mass is 439 g/mol.